The molecule has 1 aliphatic rings. The highest BCUT2D eigenvalue weighted by Gasteiger charge is 2.24. The molecule has 0 saturated carbocycles. The van der Waals surface area contributed by atoms with Crippen LogP contribution >= 0.6 is 0 Å². The normalized spacial score (nSPS) is 11.9. The molecule has 0 amide bonds. The van der Waals surface area contributed by atoms with Crippen molar-refractivity contribution in [1.82, 2.24) is 4.98 Å². The maximum absolute atomic E-state index is 13.6. The van der Waals surface area contributed by atoms with Crippen molar-refractivity contribution >= 4 is 28.2 Å². The molecular formula is C17H11FN2O4. The van der Waals surface area contributed by atoms with Crippen molar-refractivity contribution in [1.29, 1.82) is 0 Å². The Balaban J connectivity index is 2.09. The second-order valence-corrected chi connectivity index (χ2v) is 5.24. The van der Waals surface area contributed by atoms with Crippen LogP contribution in [0.3, 0.4) is 0 Å². The number of carboxylic acid groups (broad SMARTS) is 1. The first-order valence-corrected chi connectivity index (χ1v) is 7.05. The summed E-state index contributed by atoms with van der Waals surface area (Å²) in [6.45, 7) is 0. The van der Waals surface area contributed by atoms with Gasteiger partial charge in [0.05, 0.1) is 29.4 Å². The standard InChI is InChI=1S/C17H11FN2O4/c1-23-9-5-12-15-14(6-9)24-13-4-8(18)2-3-11(13)20-16(15)10(7-19-12)17(21)22/h2-7,20H,1H3,(H,21,22). The lowest BCUT2D eigenvalue weighted by atomic mass is 10.1. The van der Waals surface area contributed by atoms with E-state index in [9.17, 15) is 14.3 Å². The molecule has 0 bridgehead atoms. The average Bonchev–Trinajstić information content (AvgIpc) is 2.71. The van der Waals surface area contributed by atoms with Crippen molar-refractivity contribution in [2.24, 2.45) is 0 Å². The summed E-state index contributed by atoms with van der Waals surface area (Å²) < 4.78 is 24.6. The molecule has 0 atom stereocenters. The van der Waals surface area contributed by atoms with Gasteiger partial charge in [0.1, 0.15) is 22.9 Å². The van der Waals surface area contributed by atoms with Gasteiger partial charge in [-0.1, -0.05) is 0 Å². The van der Waals surface area contributed by atoms with E-state index in [1.54, 1.807) is 12.1 Å². The maximum atomic E-state index is 13.6. The van der Waals surface area contributed by atoms with Crippen LogP contribution in [0, 0.1) is 5.82 Å². The van der Waals surface area contributed by atoms with E-state index in [0.29, 0.717) is 33.8 Å². The van der Waals surface area contributed by atoms with Gasteiger partial charge in [-0.15, -0.1) is 0 Å². The Hall–Kier alpha value is -3.35. The van der Waals surface area contributed by atoms with Crippen molar-refractivity contribution in [3.05, 3.63) is 47.9 Å². The van der Waals surface area contributed by atoms with Gasteiger partial charge in [-0.2, -0.15) is 0 Å². The molecule has 1 aromatic heterocycles. The molecule has 0 saturated heterocycles. The Morgan fingerprint density at radius 2 is 2.12 bits per heavy atom. The Labute approximate surface area is 135 Å². The number of carbonyl (C=O) groups is 1. The van der Waals surface area contributed by atoms with Crippen molar-refractivity contribution in [2.75, 3.05) is 12.4 Å². The molecular weight excluding hydrogens is 315 g/mol. The van der Waals surface area contributed by atoms with Gasteiger partial charge in [0.25, 0.3) is 0 Å². The van der Waals surface area contributed by atoms with E-state index in [1.807, 2.05) is 0 Å². The summed E-state index contributed by atoms with van der Waals surface area (Å²) in [5.41, 5.74) is 1.30. The number of hydrogen-bond acceptors (Lipinski definition) is 5. The molecule has 2 heterocycles. The third-order valence-corrected chi connectivity index (χ3v) is 3.80. The number of anilines is 2. The number of aromatic nitrogens is 1. The fourth-order valence-corrected chi connectivity index (χ4v) is 2.69. The third kappa shape index (κ3) is 2.10. The van der Waals surface area contributed by atoms with E-state index in [1.165, 1.54) is 31.5 Å². The second kappa shape index (κ2) is 5.09. The lowest BCUT2D eigenvalue weighted by Gasteiger charge is -2.11. The largest absolute Gasteiger partial charge is 0.497 e. The van der Waals surface area contributed by atoms with Crippen molar-refractivity contribution in [3.63, 3.8) is 0 Å². The average molecular weight is 326 g/mol. The first-order valence-electron chi connectivity index (χ1n) is 7.05. The number of benzene rings is 2. The molecule has 4 rings (SSSR count). The van der Waals surface area contributed by atoms with E-state index < -0.39 is 11.8 Å². The summed E-state index contributed by atoms with van der Waals surface area (Å²) in [6, 6.07) is 7.28. The molecule has 0 aliphatic carbocycles. The summed E-state index contributed by atoms with van der Waals surface area (Å²) in [4.78, 5) is 15.7. The minimum atomic E-state index is -1.13. The fraction of sp³-hybridized carbons (Fsp3) is 0.0588. The van der Waals surface area contributed by atoms with Gasteiger partial charge in [-0.25, -0.2) is 9.18 Å². The number of methoxy groups -OCH3 is 1. The van der Waals surface area contributed by atoms with E-state index in [-0.39, 0.29) is 11.3 Å². The van der Waals surface area contributed by atoms with Crippen LogP contribution in [0.4, 0.5) is 15.8 Å². The molecule has 6 nitrogen and oxygen atoms in total. The number of aromatic carboxylic acids is 1. The van der Waals surface area contributed by atoms with Gasteiger partial charge in [-0.3, -0.25) is 4.98 Å². The lowest BCUT2D eigenvalue weighted by molar-refractivity contribution is 0.0697. The Morgan fingerprint density at radius 3 is 2.88 bits per heavy atom. The highest BCUT2D eigenvalue weighted by atomic mass is 19.1. The van der Waals surface area contributed by atoms with Crippen LogP contribution in [0.15, 0.2) is 36.5 Å². The summed E-state index contributed by atoms with van der Waals surface area (Å²) in [5, 5.41) is 13.0. The van der Waals surface area contributed by atoms with Crippen molar-refractivity contribution in [2.45, 2.75) is 0 Å². The Bertz CT molecular complexity index is 1000. The quantitative estimate of drug-likeness (QED) is 0.581. The Kier molecular flexibility index (Phi) is 3.02. The summed E-state index contributed by atoms with van der Waals surface area (Å²) in [5.74, 6) is -0.501. The molecule has 0 unspecified atom stereocenters. The van der Waals surface area contributed by atoms with E-state index >= 15 is 0 Å². The zero-order valence-electron chi connectivity index (χ0n) is 12.5. The van der Waals surface area contributed by atoms with Crippen LogP contribution in [-0.2, 0) is 0 Å². The SMILES string of the molecule is COc1cc2c3c(c(C(=O)O)cnc3c1)Nc1ccc(F)cc1O2. The zero-order chi connectivity index (χ0) is 16.8. The molecule has 2 aromatic carbocycles. The van der Waals surface area contributed by atoms with Gasteiger partial charge in [0.15, 0.2) is 5.75 Å². The fourth-order valence-electron chi connectivity index (χ4n) is 2.69. The highest BCUT2D eigenvalue weighted by Crippen LogP contribution is 2.45. The first kappa shape index (κ1) is 14.3. The van der Waals surface area contributed by atoms with Gasteiger partial charge in [0, 0.05) is 24.4 Å². The van der Waals surface area contributed by atoms with Gasteiger partial charge in [0.2, 0.25) is 0 Å². The van der Waals surface area contributed by atoms with Crippen molar-refractivity contribution in [3.8, 4) is 17.2 Å². The molecule has 120 valence electrons. The van der Waals surface area contributed by atoms with Gasteiger partial charge >= 0.3 is 5.97 Å². The molecule has 0 radical (unpaired) electrons. The molecule has 24 heavy (non-hydrogen) atoms. The molecule has 3 aromatic rings. The van der Waals surface area contributed by atoms with Gasteiger partial charge in [-0.05, 0) is 12.1 Å². The van der Waals surface area contributed by atoms with E-state index in [0.717, 1.165) is 0 Å². The second-order valence-electron chi connectivity index (χ2n) is 5.24. The van der Waals surface area contributed by atoms with Crippen LogP contribution in [0.2, 0.25) is 0 Å². The third-order valence-electron chi connectivity index (χ3n) is 3.80. The zero-order valence-corrected chi connectivity index (χ0v) is 12.5. The predicted molar refractivity (Wildman–Crippen MR) is 85.0 cm³/mol. The summed E-state index contributed by atoms with van der Waals surface area (Å²) in [7, 11) is 1.50. The van der Waals surface area contributed by atoms with Crippen LogP contribution in [0.5, 0.6) is 17.2 Å². The number of fused-ring (bicyclic) bond motifs is 1. The van der Waals surface area contributed by atoms with Crippen LogP contribution < -0.4 is 14.8 Å². The number of hydrogen-bond donors (Lipinski definition) is 2. The summed E-state index contributed by atoms with van der Waals surface area (Å²) >= 11 is 0. The summed E-state index contributed by atoms with van der Waals surface area (Å²) in [6.07, 6.45) is 1.27. The molecule has 1 aliphatic heterocycles. The highest BCUT2D eigenvalue weighted by molar-refractivity contribution is 6.09. The monoisotopic (exact) mass is 326 g/mol. The minimum Gasteiger partial charge on any atom is -0.497 e. The maximum Gasteiger partial charge on any atom is 0.339 e. The topological polar surface area (TPSA) is 80.7 Å². The van der Waals surface area contributed by atoms with Crippen LogP contribution in [-0.4, -0.2) is 23.2 Å². The molecule has 0 spiro atoms. The van der Waals surface area contributed by atoms with Crippen LogP contribution in [0.25, 0.3) is 10.9 Å². The number of ether oxygens (including phenoxy) is 2. The van der Waals surface area contributed by atoms with Gasteiger partial charge < -0.3 is 19.9 Å². The predicted octanol–water partition coefficient (Wildman–Crippen LogP) is 3.93. The van der Waals surface area contributed by atoms with E-state index in [2.05, 4.69) is 10.3 Å². The number of pyridine rings is 1. The van der Waals surface area contributed by atoms with Crippen LogP contribution in [0.1, 0.15) is 10.4 Å². The molecule has 0 fully saturated rings. The smallest absolute Gasteiger partial charge is 0.339 e. The van der Waals surface area contributed by atoms with Crippen molar-refractivity contribution < 1.29 is 23.8 Å². The number of nitrogens with zero attached hydrogens (tertiary/aromatic N) is 1. The first-order chi connectivity index (χ1) is 11.6. The molecule has 7 heteroatoms. The number of halogens is 1. The molecule has 2 N–H and O–H groups in total. The number of nitrogens with one attached hydrogen (secondary N) is 1. The number of rotatable bonds is 2. The Morgan fingerprint density at radius 1 is 1.29 bits per heavy atom. The van der Waals surface area contributed by atoms with E-state index in [4.69, 9.17) is 9.47 Å². The number of carboxylic acids is 1. The minimum absolute atomic E-state index is 0.00491. The lowest BCUT2D eigenvalue weighted by Crippen LogP contribution is -2.04.